The predicted molar refractivity (Wildman–Crippen MR) is 55.6 cm³/mol. The molecule has 0 aromatic heterocycles. The van der Waals surface area contributed by atoms with Crippen LogP contribution in [0.1, 0.15) is 39.0 Å². The summed E-state index contributed by atoms with van der Waals surface area (Å²) in [6.07, 6.45) is 7.42. The van der Waals surface area contributed by atoms with Gasteiger partial charge in [0.05, 0.1) is 6.61 Å². The Bertz CT molecular complexity index is 188. The highest BCUT2D eigenvalue weighted by molar-refractivity contribution is 5.00. The third kappa shape index (κ3) is 1.40. The molecule has 4 aliphatic carbocycles. The molecule has 0 aromatic rings. The molecule has 0 atom stereocenters. The Morgan fingerprint density at radius 3 is 2.07 bits per heavy atom. The lowest BCUT2D eigenvalue weighted by Crippen LogP contribution is -2.54. The Kier molecular flexibility index (Phi) is 2.29. The fourth-order valence-electron chi connectivity index (χ4n) is 4.30. The van der Waals surface area contributed by atoms with Crippen LogP contribution >= 0.6 is 0 Å². The zero-order chi connectivity index (χ0) is 9.54. The molecule has 0 aromatic carbocycles. The Morgan fingerprint density at radius 2 is 1.57 bits per heavy atom. The van der Waals surface area contributed by atoms with Crippen LogP contribution in [-0.4, -0.2) is 12.6 Å². The second-order valence-corrected chi connectivity index (χ2v) is 5.51. The standard InChI is InChI=1S/C12H21NO/c1-2-14-13-12-10-4-8-3-9(6-10)7-11(12)5-8/h8-13H,2-7H2,1H3. The highest BCUT2D eigenvalue weighted by Gasteiger charge is 2.48. The molecule has 4 saturated carbocycles. The third-order valence-corrected chi connectivity index (χ3v) is 4.59. The minimum Gasteiger partial charge on any atom is -0.302 e. The van der Waals surface area contributed by atoms with Crippen LogP contribution in [0.2, 0.25) is 0 Å². The molecule has 0 radical (unpaired) electrons. The number of nitrogens with one attached hydrogen (secondary N) is 1. The lowest BCUT2D eigenvalue weighted by Gasteiger charge is -2.54. The molecule has 0 spiro atoms. The van der Waals surface area contributed by atoms with E-state index in [1.807, 2.05) is 0 Å². The molecule has 0 aliphatic heterocycles. The molecule has 4 rings (SSSR count). The molecule has 80 valence electrons. The largest absolute Gasteiger partial charge is 0.302 e. The second kappa shape index (κ2) is 3.49. The van der Waals surface area contributed by atoms with Crippen LogP contribution in [0, 0.1) is 23.7 Å². The van der Waals surface area contributed by atoms with E-state index in [0.717, 1.165) is 30.3 Å². The summed E-state index contributed by atoms with van der Waals surface area (Å²) in [5.74, 6) is 3.99. The van der Waals surface area contributed by atoms with E-state index in [9.17, 15) is 0 Å². The first-order chi connectivity index (χ1) is 6.86. The summed E-state index contributed by atoms with van der Waals surface area (Å²) in [5.41, 5.74) is 3.31. The van der Waals surface area contributed by atoms with Crippen LogP contribution in [0.5, 0.6) is 0 Å². The average molecular weight is 195 g/mol. The van der Waals surface area contributed by atoms with Crippen molar-refractivity contribution in [2.75, 3.05) is 6.61 Å². The van der Waals surface area contributed by atoms with Gasteiger partial charge in [-0.15, -0.1) is 0 Å². The van der Waals surface area contributed by atoms with Gasteiger partial charge in [-0.25, -0.2) is 0 Å². The maximum atomic E-state index is 5.41. The number of hydroxylamine groups is 1. The fourth-order valence-corrected chi connectivity index (χ4v) is 4.30. The summed E-state index contributed by atoms with van der Waals surface area (Å²) in [7, 11) is 0. The summed E-state index contributed by atoms with van der Waals surface area (Å²) in [5, 5.41) is 0. The van der Waals surface area contributed by atoms with Crippen LogP contribution in [0.3, 0.4) is 0 Å². The summed E-state index contributed by atoms with van der Waals surface area (Å²) in [6, 6.07) is 0.683. The smallest absolute Gasteiger partial charge is 0.0654 e. The molecule has 0 saturated heterocycles. The molecule has 0 unspecified atom stereocenters. The van der Waals surface area contributed by atoms with Gasteiger partial charge in [0.15, 0.2) is 0 Å². The number of rotatable bonds is 3. The normalized spacial score (nSPS) is 49.9. The molecule has 14 heavy (non-hydrogen) atoms. The van der Waals surface area contributed by atoms with Crippen molar-refractivity contribution in [2.45, 2.75) is 45.1 Å². The Morgan fingerprint density at radius 1 is 1.00 bits per heavy atom. The van der Waals surface area contributed by atoms with Gasteiger partial charge in [-0.3, -0.25) is 0 Å². The van der Waals surface area contributed by atoms with Gasteiger partial charge in [0, 0.05) is 6.04 Å². The van der Waals surface area contributed by atoms with E-state index < -0.39 is 0 Å². The van der Waals surface area contributed by atoms with E-state index in [-0.39, 0.29) is 0 Å². The molecule has 4 fully saturated rings. The van der Waals surface area contributed by atoms with Crippen molar-refractivity contribution < 1.29 is 4.84 Å². The van der Waals surface area contributed by atoms with Crippen LogP contribution in [-0.2, 0) is 4.84 Å². The molecule has 0 heterocycles. The zero-order valence-electron chi connectivity index (χ0n) is 9.04. The number of hydrogen-bond donors (Lipinski definition) is 1. The first-order valence-electron chi connectivity index (χ1n) is 6.24. The van der Waals surface area contributed by atoms with Crippen molar-refractivity contribution in [3.63, 3.8) is 0 Å². The van der Waals surface area contributed by atoms with E-state index in [0.29, 0.717) is 6.04 Å². The molecule has 2 nitrogen and oxygen atoms in total. The first kappa shape index (κ1) is 9.17. The highest BCUT2D eigenvalue weighted by Crippen LogP contribution is 2.53. The van der Waals surface area contributed by atoms with Crippen LogP contribution in [0.4, 0.5) is 0 Å². The van der Waals surface area contributed by atoms with Crippen molar-refractivity contribution in [1.29, 1.82) is 0 Å². The lowest BCUT2D eigenvalue weighted by molar-refractivity contribution is -0.0848. The summed E-state index contributed by atoms with van der Waals surface area (Å²) in [6.45, 7) is 2.85. The van der Waals surface area contributed by atoms with Gasteiger partial charge in [0.25, 0.3) is 0 Å². The monoisotopic (exact) mass is 195 g/mol. The van der Waals surface area contributed by atoms with Gasteiger partial charge in [0.1, 0.15) is 0 Å². The Hall–Kier alpha value is -0.0800. The van der Waals surface area contributed by atoms with Crippen LogP contribution in [0.15, 0.2) is 0 Å². The van der Waals surface area contributed by atoms with E-state index in [4.69, 9.17) is 4.84 Å². The van der Waals surface area contributed by atoms with E-state index in [1.54, 1.807) is 0 Å². The third-order valence-electron chi connectivity index (χ3n) is 4.59. The van der Waals surface area contributed by atoms with Crippen molar-refractivity contribution >= 4 is 0 Å². The lowest BCUT2D eigenvalue weighted by atomic mass is 9.54. The van der Waals surface area contributed by atoms with E-state index >= 15 is 0 Å². The van der Waals surface area contributed by atoms with Crippen molar-refractivity contribution in [1.82, 2.24) is 5.48 Å². The van der Waals surface area contributed by atoms with Crippen LogP contribution < -0.4 is 5.48 Å². The first-order valence-corrected chi connectivity index (χ1v) is 6.24. The van der Waals surface area contributed by atoms with Crippen molar-refractivity contribution in [3.8, 4) is 0 Å². The summed E-state index contributed by atoms with van der Waals surface area (Å²) < 4.78 is 0. The minimum atomic E-state index is 0.683. The zero-order valence-corrected chi connectivity index (χ0v) is 9.04. The van der Waals surface area contributed by atoms with Gasteiger partial charge in [-0.2, -0.15) is 5.48 Å². The maximum absolute atomic E-state index is 5.41. The minimum absolute atomic E-state index is 0.683. The molecule has 4 aliphatic rings. The quantitative estimate of drug-likeness (QED) is 0.698. The fraction of sp³-hybridized carbons (Fsp3) is 1.00. The average Bonchev–Trinajstić information content (AvgIpc) is 2.15. The Balaban J connectivity index is 1.69. The van der Waals surface area contributed by atoms with Gasteiger partial charge in [-0.1, -0.05) is 0 Å². The molecule has 4 bridgehead atoms. The predicted octanol–water partition coefficient (Wildman–Crippen LogP) is 2.35. The topological polar surface area (TPSA) is 21.3 Å². The van der Waals surface area contributed by atoms with Gasteiger partial charge in [-0.05, 0) is 62.7 Å². The summed E-state index contributed by atoms with van der Waals surface area (Å²) in [4.78, 5) is 5.41. The molecule has 0 amide bonds. The van der Waals surface area contributed by atoms with Gasteiger partial charge >= 0.3 is 0 Å². The van der Waals surface area contributed by atoms with Crippen molar-refractivity contribution in [2.24, 2.45) is 23.7 Å². The van der Waals surface area contributed by atoms with Crippen molar-refractivity contribution in [3.05, 3.63) is 0 Å². The second-order valence-electron chi connectivity index (χ2n) is 5.51. The maximum Gasteiger partial charge on any atom is 0.0654 e. The van der Waals surface area contributed by atoms with E-state index in [2.05, 4.69) is 12.4 Å². The van der Waals surface area contributed by atoms with Crippen LogP contribution in [0.25, 0.3) is 0 Å². The Labute approximate surface area is 86.4 Å². The number of hydrogen-bond acceptors (Lipinski definition) is 2. The molecule has 2 heteroatoms. The SMILES string of the molecule is CCONC1C2CC3CC(C2)CC1C3. The molecular weight excluding hydrogens is 174 g/mol. The highest BCUT2D eigenvalue weighted by atomic mass is 16.6. The molecule has 1 N–H and O–H groups in total. The van der Waals surface area contributed by atoms with E-state index in [1.165, 1.54) is 32.1 Å². The molecular formula is C12H21NO. The van der Waals surface area contributed by atoms with Gasteiger partial charge in [0.2, 0.25) is 0 Å². The summed E-state index contributed by atoms with van der Waals surface area (Å²) >= 11 is 0. The van der Waals surface area contributed by atoms with Gasteiger partial charge < -0.3 is 4.84 Å².